The summed E-state index contributed by atoms with van der Waals surface area (Å²) in [7, 11) is 0. The van der Waals surface area contributed by atoms with Gasteiger partial charge >= 0.3 is 0 Å². The SMILES string of the molecule is CC(C)N(CCNC(=O)CN1C[C@H]2CCCC[C@H]2C1=O)C(C)C. The summed E-state index contributed by atoms with van der Waals surface area (Å²) >= 11 is 0. The maximum Gasteiger partial charge on any atom is 0.239 e. The van der Waals surface area contributed by atoms with Gasteiger partial charge in [0.25, 0.3) is 0 Å². The minimum atomic E-state index is -0.0236. The first kappa shape index (κ1) is 18.2. The van der Waals surface area contributed by atoms with Crippen molar-refractivity contribution in [2.45, 2.75) is 65.5 Å². The van der Waals surface area contributed by atoms with Crippen LogP contribution in [0.25, 0.3) is 0 Å². The summed E-state index contributed by atoms with van der Waals surface area (Å²) in [6.07, 6.45) is 4.55. The number of carbonyl (C=O) groups excluding carboxylic acids is 2. The summed E-state index contributed by atoms with van der Waals surface area (Å²) in [5.41, 5.74) is 0. The molecule has 1 saturated heterocycles. The van der Waals surface area contributed by atoms with Gasteiger partial charge in [0.1, 0.15) is 0 Å². The zero-order chi connectivity index (χ0) is 17.0. The number of likely N-dealkylation sites (tertiary alicyclic amines) is 1. The van der Waals surface area contributed by atoms with E-state index < -0.39 is 0 Å². The molecule has 0 unspecified atom stereocenters. The largest absolute Gasteiger partial charge is 0.353 e. The van der Waals surface area contributed by atoms with Gasteiger partial charge in [0.15, 0.2) is 0 Å². The van der Waals surface area contributed by atoms with Crippen molar-refractivity contribution in [3.8, 4) is 0 Å². The van der Waals surface area contributed by atoms with E-state index in [0.29, 0.717) is 24.5 Å². The Labute approximate surface area is 140 Å². The second-order valence-corrected chi connectivity index (χ2v) is 7.65. The van der Waals surface area contributed by atoms with E-state index in [2.05, 4.69) is 37.9 Å². The van der Waals surface area contributed by atoms with E-state index in [1.807, 2.05) is 0 Å². The highest BCUT2D eigenvalue weighted by Crippen LogP contribution is 2.36. The molecule has 132 valence electrons. The van der Waals surface area contributed by atoms with Crippen LogP contribution in [0.4, 0.5) is 0 Å². The van der Waals surface area contributed by atoms with Crippen LogP contribution in [0.5, 0.6) is 0 Å². The molecule has 1 saturated carbocycles. The van der Waals surface area contributed by atoms with Gasteiger partial charge in [-0.15, -0.1) is 0 Å². The molecule has 0 aromatic carbocycles. The quantitative estimate of drug-likeness (QED) is 0.778. The first-order chi connectivity index (χ1) is 10.9. The van der Waals surface area contributed by atoms with Crippen molar-refractivity contribution in [1.29, 1.82) is 0 Å². The third-order valence-corrected chi connectivity index (χ3v) is 5.35. The predicted molar refractivity (Wildman–Crippen MR) is 92.0 cm³/mol. The predicted octanol–water partition coefficient (Wildman–Crippen LogP) is 1.87. The first-order valence-corrected chi connectivity index (χ1v) is 9.21. The number of nitrogens with one attached hydrogen (secondary N) is 1. The minimum Gasteiger partial charge on any atom is -0.353 e. The number of nitrogens with zero attached hydrogens (tertiary/aromatic N) is 2. The van der Waals surface area contributed by atoms with E-state index in [9.17, 15) is 9.59 Å². The highest BCUT2D eigenvalue weighted by atomic mass is 16.2. The van der Waals surface area contributed by atoms with Gasteiger partial charge in [0, 0.05) is 37.6 Å². The molecule has 0 aromatic heterocycles. The molecule has 2 fully saturated rings. The molecule has 1 aliphatic heterocycles. The summed E-state index contributed by atoms with van der Waals surface area (Å²) < 4.78 is 0. The van der Waals surface area contributed by atoms with Gasteiger partial charge in [-0.25, -0.2) is 0 Å². The molecule has 1 heterocycles. The molecule has 0 bridgehead atoms. The Morgan fingerprint density at radius 3 is 2.48 bits per heavy atom. The fraction of sp³-hybridized carbons (Fsp3) is 0.889. The zero-order valence-electron chi connectivity index (χ0n) is 15.2. The molecule has 5 heteroatoms. The first-order valence-electron chi connectivity index (χ1n) is 9.21. The van der Waals surface area contributed by atoms with Gasteiger partial charge in [-0.1, -0.05) is 12.8 Å². The Morgan fingerprint density at radius 2 is 1.87 bits per heavy atom. The highest BCUT2D eigenvalue weighted by molar-refractivity contribution is 5.87. The number of rotatable bonds is 7. The molecular weight excluding hydrogens is 290 g/mol. The van der Waals surface area contributed by atoms with Crippen molar-refractivity contribution < 1.29 is 9.59 Å². The standard InChI is InChI=1S/C18H33N3O2/c1-13(2)21(14(3)4)10-9-19-17(22)12-20-11-15-7-5-6-8-16(15)18(20)23/h13-16H,5-12H2,1-4H3,(H,19,22)/t15-,16-/m1/s1. The van der Waals surface area contributed by atoms with Crippen LogP contribution >= 0.6 is 0 Å². The molecule has 0 aromatic rings. The lowest BCUT2D eigenvalue weighted by Crippen LogP contribution is -2.44. The lowest BCUT2D eigenvalue weighted by molar-refractivity contribution is -0.135. The van der Waals surface area contributed by atoms with Crippen LogP contribution in [0.2, 0.25) is 0 Å². The van der Waals surface area contributed by atoms with Gasteiger partial charge in [-0.05, 0) is 46.5 Å². The Hall–Kier alpha value is -1.10. The summed E-state index contributed by atoms with van der Waals surface area (Å²) in [6, 6.07) is 0.936. The average molecular weight is 323 g/mol. The van der Waals surface area contributed by atoms with Crippen molar-refractivity contribution in [3.63, 3.8) is 0 Å². The third kappa shape index (κ3) is 4.69. The molecule has 1 aliphatic carbocycles. The van der Waals surface area contributed by atoms with Crippen molar-refractivity contribution in [1.82, 2.24) is 15.1 Å². The van der Waals surface area contributed by atoms with E-state index >= 15 is 0 Å². The number of fused-ring (bicyclic) bond motifs is 1. The van der Waals surface area contributed by atoms with Crippen LogP contribution < -0.4 is 5.32 Å². The van der Waals surface area contributed by atoms with Gasteiger partial charge in [0.05, 0.1) is 6.54 Å². The molecule has 0 radical (unpaired) electrons. The maximum atomic E-state index is 12.4. The van der Waals surface area contributed by atoms with Crippen LogP contribution in [0.3, 0.4) is 0 Å². The number of amides is 2. The van der Waals surface area contributed by atoms with Crippen LogP contribution in [-0.2, 0) is 9.59 Å². The molecule has 2 aliphatic rings. The molecular formula is C18H33N3O2. The summed E-state index contributed by atoms with van der Waals surface area (Å²) in [5, 5.41) is 2.98. The van der Waals surface area contributed by atoms with E-state index in [1.165, 1.54) is 6.42 Å². The van der Waals surface area contributed by atoms with Crippen LogP contribution in [0, 0.1) is 11.8 Å². The fourth-order valence-corrected chi connectivity index (χ4v) is 4.17. The van der Waals surface area contributed by atoms with Crippen molar-refractivity contribution in [2.75, 3.05) is 26.2 Å². The van der Waals surface area contributed by atoms with Crippen molar-refractivity contribution in [2.24, 2.45) is 11.8 Å². The van der Waals surface area contributed by atoms with Crippen LogP contribution in [-0.4, -0.2) is 59.9 Å². The highest BCUT2D eigenvalue weighted by Gasteiger charge is 2.41. The average Bonchev–Trinajstić information content (AvgIpc) is 2.79. The molecule has 1 N–H and O–H groups in total. The molecule has 2 amide bonds. The topological polar surface area (TPSA) is 52.7 Å². The van der Waals surface area contributed by atoms with Gasteiger partial charge in [-0.2, -0.15) is 0 Å². The van der Waals surface area contributed by atoms with Gasteiger partial charge in [0.2, 0.25) is 11.8 Å². The minimum absolute atomic E-state index is 0.0236. The molecule has 2 atom stereocenters. The van der Waals surface area contributed by atoms with Gasteiger partial charge in [-0.3, -0.25) is 14.5 Å². The van der Waals surface area contributed by atoms with E-state index in [4.69, 9.17) is 0 Å². The van der Waals surface area contributed by atoms with Crippen molar-refractivity contribution >= 4 is 11.8 Å². The number of hydrogen-bond acceptors (Lipinski definition) is 3. The smallest absolute Gasteiger partial charge is 0.239 e. The lowest BCUT2D eigenvalue weighted by Gasteiger charge is -2.30. The second kappa shape index (κ2) is 8.13. The van der Waals surface area contributed by atoms with E-state index in [1.54, 1.807) is 4.90 Å². The second-order valence-electron chi connectivity index (χ2n) is 7.65. The lowest BCUT2D eigenvalue weighted by atomic mass is 9.81. The Kier molecular flexibility index (Phi) is 6.45. The number of hydrogen-bond donors (Lipinski definition) is 1. The molecule has 5 nitrogen and oxygen atoms in total. The summed E-state index contributed by atoms with van der Waals surface area (Å²) in [5.74, 6) is 0.857. The van der Waals surface area contributed by atoms with Crippen LogP contribution in [0.15, 0.2) is 0 Å². The van der Waals surface area contributed by atoms with Crippen molar-refractivity contribution in [3.05, 3.63) is 0 Å². The Morgan fingerprint density at radius 1 is 1.22 bits per heavy atom. The van der Waals surface area contributed by atoms with E-state index in [0.717, 1.165) is 32.4 Å². The van der Waals surface area contributed by atoms with E-state index in [-0.39, 0.29) is 24.3 Å². The molecule has 2 rings (SSSR count). The summed E-state index contributed by atoms with van der Waals surface area (Å²) in [6.45, 7) is 11.2. The Bertz CT molecular complexity index is 414. The monoisotopic (exact) mass is 323 g/mol. The fourth-order valence-electron chi connectivity index (χ4n) is 4.17. The molecule has 23 heavy (non-hydrogen) atoms. The number of carbonyl (C=O) groups is 2. The Balaban J connectivity index is 1.74. The summed E-state index contributed by atoms with van der Waals surface area (Å²) in [4.78, 5) is 28.7. The third-order valence-electron chi connectivity index (χ3n) is 5.35. The normalized spacial score (nSPS) is 24.7. The van der Waals surface area contributed by atoms with Gasteiger partial charge < -0.3 is 10.2 Å². The maximum absolute atomic E-state index is 12.4. The zero-order valence-corrected chi connectivity index (χ0v) is 15.2. The van der Waals surface area contributed by atoms with Crippen LogP contribution in [0.1, 0.15) is 53.4 Å². The molecule has 0 spiro atoms.